The van der Waals surface area contributed by atoms with Gasteiger partial charge in [-0.15, -0.1) is 5.10 Å². The van der Waals surface area contributed by atoms with Crippen molar-refractivity contribution in [1.29, 1.82) is 0 Å². The molecule has 1 rings (SSSR count). The van der Waals surface area contributed by atoms with Gasteiger partial charge in [0.05, 0.1) is 19.3 Å². The first kappa shape index (κ1) is 34.3. The third kappa shape index (κ3) is 13.9. The van der Waals surface area contributed by atoms with E-state index in [1.165, 1.54) is 50.1 Å². The molecule has 0 aliphatic carbocycles. The minimum Gasteiger partial charge on any atom is -0.394 e. The number of unbranched alkanes of at least 4 members (excludes halogenated alkanes) is 7. The molecule has 0 fully saturated rings. The van der Waals surface area contributed by atoms with Crippen LogP contribution in [0.25, 0.3) is 0 Å². The average molecular weight is 560 g/mol. The van der Waals surface area contributed by atoms with Gasteiger partial charge in [-0.25, -0.2) is 4.68 Å². The molecule has 38 heavy (non-hydrogen) atoms. The highest BCUT2D eigenvalue weighted by molar-refractivity contribution is 7.99. The van der Waals surface area contributed by atoms with Gasteiger partial charge in [-0.1, -0.05) is 57.1 Å². The molecule has 0 bridgehead atoms. The summed E-state index contributed by atoms with van der Waals surface area (Å²) in [5.74, 6) is 0.360. The van der Waals surface area contributed by atoms with Crippen LogP contribution in [0.3, 0.4) is 0 Å². The van der Waals surface area contributed by atoms with Crippen molar-refractivity contribution in [2.45, 2.75) is 102 Å². The number of rotatable bonds is 22. The van der Waals surface area contributed by atoms with Crippen molar-refractivity contribution < 1.29 is 35.1 Å². The first-order valence-electron chi connectivity index (χ1n) is 13.3. The zero-order valence-corrected chi connectivity index (χ0v) is 23.1. The number of aromatic nitrogens is 3. The Morgan fingerprint density at radius 1 is 1.05 bits per heavy atom. The van der Waals surface area contributed by atoms with Crippen LogP contribution in [0.4, 0.5) is 5.82 Å². The van der Waals surface area contributed by atoms with Crippen LogP contribution in [0.2, 0.25) is 0 Å². The van der Waals surface area contributed by atoms with Gasteiger partial charge in [-0.2, -0.15) is 11.8 Å². The molecule has 1 aromatic heterocycles. The molecule has 1 aromatic rings. The number of carbonyl (C=O) groups excluding carboxylic acids is 2. The Balaban J connectivity index is 2.57. The van der Waals surface area contributed by atoms with Crippen molar-refractivity contribution in [2.24, 2.45) is 0 Å². The summed E-state index contributed by atoms with van der Waals surface area (Å²) < 4.78 is 1.14. The Morgan fingerprint density at radius 2 is 1.68 bits per heavy atom. The van der Waals surface area contributed by atoms with Gasteiger partial charge in [-0.3, -0.25) is 9.59 Å². The third-order valence-corrected chi connectivity index (χ3v) is 6.96. The zero-order valence-electron chi connectivity index (χ0n) is 22.2. The van der Waals surface area contributed by atoms with Gasteiger partial charge < -0.3 is 36.2 Å². The van der Waals surface area contributed by atoms with Crippen molar-refractivity contribution >= 4 is 29.4 Å². The minimum absolute atomic E-state index is 0.0728. The summed E-state index contributed by atoms with van der Waals surface area (Å²) in [4.78, 5) is 25.3. The lowest BCUT2D eigenvalue weighted by molar-refractivity contribution is -0.126. The van der Waals surface area contributed by atoms with E-state index in [1.807, 2.05) is 0 Å². The number of nitrogens with zero attached hydrogens (tertiary/aromatic N) is 3. The molecule has 0 saturated carbocycles. The molecule has 0 aromatic carbocycles. The van der Waals surface area contributed by atoms with Crippen LogP contribution in [0.1, 0.15) is 64.7 Å². The largest absolute Gasteiger partial charge is 0.394 e. The molecule has 2 amide bonds. The number of hydrogen-bond donors (Lipinski definition) is 7. The number of carbonyl (C=O) groups is 2. The average Bonchev–Trinajstić information content (AvgIpc) is 3.34. The molecule has 218 valence electrons. The topological polar surface area (TPSA) is 190 Å². The Morgan fingerprint density at radius 3 is 2.32 bits per heavy atom. The van der Waals surface area contributed by atoms with Gasteiger partial charge in [0.15, 0.2) is 5.82 Å². The fourth-order valence-corrected chi connectivity index (χ4v) is 4.43. The van der Waals surface area contributed by atoms with E-state index in [2.05, 4.69) is 34.8 Å². The SMILES string of the molecule is [CH2][CH]CSC[C@@H](NC(=O)CCCCCCCCCC)C(=O)Nc1cn(C[C@H](O)[C@H](O)[C@H](O)[C@H](O)CO)nn1. The van der Waals surface area contributed by atoms with Crippen LogP contribution < -0.4 is 10.6 Å². The van der Waals surface area contributed by atoms with Crippen molar-refractivity contribution in [3.8, 4) is 0 Å². The number of anilines is 1. The predicted octanol–water partition coefficient (Wildman–Crippen LogP) is 0.440. The summed E-state index contributed by atoms with van der Waals surface area (Å²) in [6.45, 7) is 4.77. The van der Waals surface area contributed by atoms with E-state index in [9.17, 15) is 30.0 Å². The van der Waals surface area contributed by atoms with E-state index in [-0.39, 0.29) is 18.3 Å². The summed E-state index contributed by atoms with van der Waals surface area (Å²) in [5, 5.41) is 61.1. The van der Waals surface area contributed by atoms with Gasteiger partial charge in [0.25, 0.3) is 0 Å². The number of thioether (sulfide) groups is 1. The molecule has 0 unspecified atom stereocenters. The highest BCUT2D eigenvalue weighted by Gasteiger charge is 2.30. The summed E-state index contributed by atoms with van der Waals surface area (Å²) in [7, 11) is 0. The molecule has 0 aliphatic heterocycles. The fraction of sp³-hybridized carbons (Fsp3) is 0.760. The molecule has 5 atom stereocenters. The number of amides is 2. The molecule has 0 spiro atoms. The predicted molar refractivity (Wildman–Crippen MR) is 146 cm³/mol. The quantitative estimate of drug-likeness (QED) is 0.0981. The molecular formula is C25H45N5O7S. The van der Waals surface area contributed by atoms with Gasteiger partial charge in [0.1, 0.15) is 30.5 Å². The summed E-state index contributed by atoms with van der Waals surface area (Å²) in [6.07, 6.45) is 5.68. The van der Waals surface area contributed by atoms with Crippen LogP contribution in [0, 0.1) is 13.3 Å². The van der Waals surface area contributed by atoms with Gasteiger partial charge >= 0.3 is 0 Å². The molecule has 0 aliphatic rings. The molecule has 13 heteroatoms. The van der Waals surface area contributed by atoms with Gasteiger partial charge in [0.2, 0.25) is 11.8 Å². The Kier molecular flexibility index (Phi) is 18.2. The first-order valence-corrected chi connectivity index (χ1v) is 14.4. The normalized spacial score (nSPS) is 15.4. The summed E-state index contributed by atoms with van der Waals surface area (Å²) >= 11 is 1.45. The summed E-state index contributed by atoms with van der Waals surface area (Å²) in [5.41, 5.74) is 0. The molecule has 2 radical (unpaired) electrons. The van der Waals surface area contributed by atoms with E-state index >= 15 is 0 Å². The van der Waals surface area contributed by atoms with Crippen LogP contribution >= 0.6 is 11.8 Å². The van der Waals surface area contributed by atoms with Crippen LogP contribution in [0.15, 0.2) is 6.20 Å². The molecular weight excluding hydrogens is 514 g/mol. The minimum atomic E-state index is -1.76. The second kappa shape index (κ2) is 20.2. The van der Waals surface area contributed by atoms with Gasteiger partial charge in [0, 0.05) is 12.2 Å². The number of aliphatic hydroxyl groups excluding tert-OH is 5. The second-order valence-corrected chi connectivity index (χ2v) is 10.4. The number of nitrogens with one attached hydrogen (secondary N) is 2. The highest BCUT2D eigenvalue weighted by Crippen LogP contribution is 2.12. The standard InChI is InChI=1S/C25H45N5O7S/c1-3-5-6-7-8-9-10-11-12-22(34)26-18(17-38-13-4-2)25(37)27-21-15-30(29-28-21)14-19(32)23(35)24(36)20(33)16-31/h4,15,18-20,23-24,31-33,35-36H,2-3,5-14,16-17H2,1H3,(H,26,34)(H,27,37)/t18-,19+,20-,23+,24-/m1/s1. The highest BCUT2D eigenvalue weighted by atomic mass is 32.2. The van der Waals surface area contributed by atoms with E-state index < -0.39 is 43.0 Å². The molecule has 0 saturated heterocycles. The van der Waals surface area contributed by atoms with Crippen molar-refractivity contribution in [2.75, 3.05) is 23.4 Å². The second-order valence-electron chi connectivity index (χ2n) is 9.28. The lowest BCUT2D eigenvalue weighted by Crippen LogP contribution is -2.47. The lowest BCUT2D eigenvalue weighted by atomic mass is 10.0. The van der Waals surface area contributed by atoms with E-state index in [1.54, 1.807) is 6.42 Å². The Labute approximate surface area is 229 Å². The monoisotopic (exact) mass is 559 g/mol. The van der Waals surface area contributed by atoms with Gasteiger partial charge in [-0.05, 0) is 25.5 Å². The maximum absolute atomic E-state index is 12.9. The molecule has 1 heterocycles. The van der Waals surface area contributed by atoms with Crippen LogP contribution in [-0.4, -0.2) is 101 Å². The zero-order chi connectivity index (χ0) is 28.3. The van der Waals surface area contributed by atoms with E-state index in [4.69, 9.17) is 5.11 Å². The van der Waals surface area contributed by atoms with Crippen LogP contribution in [-0.2, 0) is 16.1 Å². The van der Waals surface area contributed by atoms with E-state index in [0.717, 1.165) is 23.9 Å². The van der Waals surface area contributed by atoms with Crippen LogP contribution in [0.5, 0.6) is 0 Å². The maximum atomic E-state index is 12.9. The van der Waals surface area contributed by atoms with Crippen molar-refractivity contribution in [1.82, 2.24) is 20.3 Å². The smallest absolute Gasteiger partial charge is 0.249 e. The van der Waals surface area contributed by atoms with Crippen molar-refractivity contribution in [3.05, 3.63) is 19.5 Å². The number of aliphatic hydroxyl groups is 5. The summed E-state index contributed by atoms with van der Waals surface area (Å²) in [6, 6.07) is -0.797. The molecule has 7 N–H and O–H groups in total. The first-order chi connectivity index (χ1) is 18.2. The third-order valence-electron chi connectivity index (χ3n) is 5.92. The molecule has 12 nitrogen and oxygen atoms in total. The maximum Gasteiger partial charge on any atom is 0.249 e. The van der Waals surface area contributed by atoms with Crippen molar-refractivity contribution in [3.63, 3.8) is 0 Å². The lowest BCUT2D eigenvalue weighted by Gasteiger charge is -2.25. The van der Waals surface area contributed by atoms with E-state index in [0.29, 0.717) is 17.9 Å². The Hall–Kier alpha value is -1.77. The number of hydrogen-bond acceptors (Lipinski definition) is 10. The Bertz CT molecular complexity index is 785. The fourth-order valence-electron chi connectivity index (χ4n) is 3.66.